The van der Waals surface area contributed by atoms with Crippen LogP contribution in [0.5, 0.6) is 5.75 Å². The largest absolute Gasteiger partial charge is 0.427 e. The van der Waals surface area contributed by atoms with Gasteiger partial charge in [0.05, 0.1) is 18.2 Å². The standard InChI is InChI=1S/C29H20ClN3O3/c1-18(34)36-23-12-13-24-21(15-23)9-14-25-29(16-31,17-32)26(19-7-10-22(30)11-8-19)27(33(24)25)28(35)20-5-3-2-4-6-20/h2-15,25-27H,1H3/t25-,26-,27-/m0/s1. The predicted molar refractivity (Wildman–Crippen MR) is 135 cm³/mol. The molecular weight excluding hydrogens is 474 g/mol. The summed E-state index contributed by atoms with van der Waals surface area (Å²) in [4.78, 5) is 27.5. The van der Waals surface area contributed by atoms with Crippen LogP contribution in [0, 0.1) is 28.1 Å². The minimum Gasteiger partial charge on any atom is -0.427 e. The molecule has 176 valence electrons. The van der Waals surface area contributed by atoms with Crippen molar-refractivity contribution < 1.29 is 14.3 Å². The maximum absolute atomic E-state index is 14.1. The lowest BCUT2D eigenvalue weighted by molar-refractivity contribution is -0.131. The Morgan fingerprint density at radius 1 is 1.00 bits per heavy atom. The van der Waals surface area contributed by atoms with E-state index < -0.39 is 29.4 Å². The second-order valence-corrected chi connectivity index (χ2v) is 9.26. The van der Waals surface area contributed by atoms with E-state index in [1.165, 1.54) is 6.92 Å². The van der Waals surface area contributed by atoms with E-state index in [1.807, 2.05) is 11.0 Å². The molecule has 3 aromatic carbocycles. The van der Waals surface area contributed by atoms with Crippen molar-refractivity contribution in [2.24, 2.45) is 5.41 Å². The zero-order valence-corrected chi connectivity index (χ0v) is 20.0. The number of ketones is 1. The van der Waals surface area contributed by atoms with Gasteiger partial charge in [0.15, 0.2) is 11.2 Å². The Hall–Kier alpha value is -4.39. The molecule has 7 heteroatoms. The summed E-state index contributed by atoms with van der Waals surface area (Å²) >= 11 is 6.14. The number of carbonyl (C=O) groups excluding carboxylic acids is 2. The molecular formula is C29H20ClN3O3. The van der Waals surface area contributed by atoms with Gasteiger partial charge in [0.25, 0.3) is 0 Å². The van der Waals surface area contributed by atoms with Crippen molar-refractivity contribution in [1.82, 2.24) is 0 Å². The molecule has 0 spiro atoms. The van der Waals surface area contributed by atoms with Crippen molar-refractivity contribution in [3.8, 4) is 17.9 Å². The maximum Gasteiger partial charge on any atom is 0.308 e. The fourth-order valence-electron chi connectivity index (χ4n) is 5.32. The van der Waals surface area contributed by atoms with Crippen molar-refractivity contribution in [2.75, 3.05) is 4.90 Å². The number of ether oxygens (including phenoxy) is 1. The fourth-order valence-corrected chi connectivity index (χ4v) is 5.44. The molecule has 1 saturated heterocycles. The van der Waals surface area contributed by atoms with Gasteiger partial charge in [0.2, 0.25) is 0 Å². The molecule has 0 aliphatic carbocycles. The Morgan fingerprint density at radius 2 is 1.69 bits per heavy atom. The van der Waals surface area contributed by atoms with Gasteiger partial charge >= 0.3 is 5.97 Å². The molecule has 5 rings (SSSR count). The highest BCUT2D eigenvalue weighted by Crippen LogP contribution is 2.55. The molecule has 3 aromatic rings. The van der Waals surface area contributed by atoms with Gasteiger partial charge in [-0.05, 0) is 35.9 Å². The van der Waals surface area contributed by atoms with Gasteiger partial charge in [0.1, 0.15) is 11.8 Å². The Kier molecular flexibility index (Phi) is 5.84. The van der Waals surface area contributed by atoms with Crippen LogP contribution >= 0.6 is 11.6 Å². The van der Waals surface area contributed by atoms with Crippen LogP contribution < -0.4 is 9.64 Å². The fraction of sp³-hybridized carbons (Fsp3) is 0.172. The molecule has 0 bridgehead atoms. The highest BCUT2D eigenvalue weighted by atomic mass is 35.5. The molecule has 3 atom stereocenters. The van der Waals surface area contributed by atoms with Gasteiger partial charge in [-0.1, -0.05) is 66.2 Å². The van der Waals surface area contributed by atoms with Gasteiger partial charge in [-0.3, -0.25) is 9.59 Å². The van der Waals surface area contributed by atoms with E-state index in [1.54, 1.807) is 78.9 Å². The number of benzene rings is 3. The van der Waals surface area contributed by atoms with Crippen molar-refractivity contribution in [2.45, 2.75) is 24.9 Å². The van der Waals surface area contributed by atoms with Gasteiger partial charge in [-0.15, -0.1) is 0 Å². The first-order valence-corrected chi connectivity index (χ1v) is 11.7. The number of esters is 1. The number of hydrogen-bond acceptors (Lipinski definition) is 6. The second kappa shape index (κ2) is 9.00. The van der Waals surface area contributed by atoms with Gasteiger partial charge in [-0.2, -0.15) is 10.5 Å². The molecule has 6 nitrogen and oxygen atoms in total. The normalized spacial score (nSPS) is 21.0. The summed E-state index contributed by atoms with van der Waals surface area (Å²) in [6.45, 7) is 1.32. The Balaban J connectivity index is 1.74. The van der Waals surface area contributed by atoms with E-state index in [4.69, 9.17) is 16.3 Å². The van der Waals surface area contributed by atoms with Crippen LogP contribution in [0.15, 0.2) is 78.9 Å². The molecule has 0 amide bonds. The lowest BCUT2D eigenvalue weighted by Crippen LogP contribution is -2.44. The first-order valence-electron chi connectivity index (χ1n) is 11.4. The van der Waals surface area contributed by atoms with Crippen molar-refractivity contribution in [3.05, 3.63) is 101 Å². The maximum atomic E-state index is 14.1. The van der Waals surface area contributed by atoms with Crippen molar-refractivity contribution in [3.63, 3.8) is 0 Å². The molecule has 2 heterocycles. The minimum atomic E-state index is -1.55. The molecule has 2 aliphatic rings. The number of anilines is 1. The Bertz CT molecular complexity index is 1450. The highest BCUT2D eigenvalue weighted by Gasteiger charge is 2.63. The van der Waals surface area contributed by atoms with Crippen molar-refractivity contribution in [1.29, 1.82) is 10.5 Å². The number of fused-ring (bicyclic) bond motifs is 3. The number of carbonyl (C=O) groups is 2. The van der Waals surface area contributed by atoms with E-state index in [9.17, 15) is 20.1 Å². The number of rotatable bonds is 4. The zero-order valence-electron chi connectivity index (χ0n) is 19.3. The summed E-state index contributed by atoms with van der Waals surface area (Å²) < 4.78 is 5.24. The zero-order chi connectivity index (χ0) is 25.4. The van der Waals surface area contributed by atoms with Crippen LogP contribution in [0.3, 0.4) is 0 Å². The van der Waals surface area contributed by atoms with Gasteiger partial charge < -0.3 is 9.64 Å². The Labute approximate surface area is 213 Å². The van der Waals surface area contributed by atoms with Crippen LogP contribution in [0.1, 0.15) is 34.3 Å². The van der Waals surface area contributed by atoms with E-state index in [0.717, 1.165) is 5.56 Å². The van der Waals surface area contributed by atoms with Crippen LogP contribution in [0.25, 0.3) is 6.08 Å². The summed E-state index contributed by atoms with van der Waals surface area (Å²) in [7, 11) is 0. The molecule has 0 N–H and O–H groups in total. The van der Waals surface area contributed by atoms with Crippen molar-refractivity contribution >= 4 is 35.1 Å². The average molecular weight is 494 g/mol. The second-order valence-electron chi connectivity index (χ2n) is 8.82. The summed E-state index contributed by atoms with van der Waals surface area (Å²) in [6.07, 6.45) is 3.59. The minimum absolute atomic E-state index is 0.196. The van der Waals surface area contributed by atoms with E-state index in [0.29, 0.717) is 27.6 Å². The third kappa shape index (κ3) is 3.64. The number of Topliss-reactive ketones (excluding diaryl/α,β-unsaturated/α-hetero) is 1. The van der Waals surface area contributed by atoms with Crippen LogP contribution in [-0.4, -0.2) is 23.8 Å². The molecule has 0 unspecified atom stereocenters. The lowest BCUT2D eigenvalue weighted by atomic mass is 9.69. The first kappa shape index (κ1) is 23.4. The monoisotopic (exact) mass is 493 g/mol. The molecule has 0 aromatic heterocycles. The Morgan fingerprint density at radius 3 is 2.33 bits per heavy atom. The molecule has 2 aliphatic heterocycles. The molecule has 0 saturated carbocycles. The summed E-state index contributed by atoms with van der Waals surface area (Å²) in [6, 6.07) is 24.0. The van der Waals surface area contributed by atoms with Gasteiger partial charge in [0, 0.05) is 34.7 Å². The molecule has 1 fully saturated rings. The quantitative estimate of drug-likeness (QED) is 0.269. The molecule has 0 radical (unpaired) electrons. The lowest BCUT2D eigenvalue weighted by Gasteiger charge is -2.35. The first-order chi connectivity index (χ1) is 17.4. The highest BCUT2D eigenvalue weighted by molar-refractivity contribution is 6.30. The number of hydrogen-bond donors (Lipinski definition) is 0. The predicted octanol–water partition coefficient (Wildman–Crippen LogP) is 5.55. The summed E-state index contributed by atoms with van der Waals surface area (Å²) in [5.74, 6) is -1.03. The topological polar surface area (TPSA) is 94.2 Å². The third-order valence-corrected chi connectivity index (χ3v) is 7.05. The summed E-state index contributed by atoms with van der Waals surface area (Å²) in [5, 5.41) is 21.5. The number of halogens is 1. The van der Waals surface area contributed by atoms with Crippen LogP contribution in [-0.2, 0) is 4.79 Å². The smallest absolute Gasteiger partial charge is 0.308 e. The van der Waals surface area contributed by atoms with Crippen LogP contribution in [0.2, 0.25) is 5.02 Å². The van der Waals surface area contributed by atoms with E-state index in [-0.39, 0.29) is 5.78 Å². The number of nitriles is 2. The van der Waals surface area contributed by atoms with Gasteiger partial charge in [-0.25, -0.2) is 0 Å². The number of nitrogens with zero attached hydrogens (tertiary/aromatic N) is 3. The SMILES string of the molecule is CC(=O)Oc1ccc2c(c1)C=C[C@@H]1N2[C@H](C(=O)c2ccccc2)[C@H](c2ccc(Cl)cc2)C1(C#N)C#N. The third-order valence-electron chi connectivity index (χ3n) is 6.80. The van der Waals surface area contributed by atoms with Crippen LogP contribution in [0.4, 0.5) is 5.69 Å². The van der Waals surface area contributed by atoms with E-state index >= 15 is 0 Å². The summed E-state index contributed by atoms with van der Waals surface area (Å²) in [5.41, 5.74) is 1.01. The average Bonchev–Trinajstić information content (AvgIpc) is 3.19. The van der Waals surface area contributed by atoms with E-state index in [2.05, 4.69) is 12.1 Å². The molecule has 36 heavy (non-hydrogen) atoms.